The summed E-state index contributed by atoms with van der Waals surface area (Å²) in [5, 5.41) is 3.81. The molecule has 0 saturated heterocycles. The van der Waals surface area contributed by atoms with Crippen LogP contribution in [-0.2, 0) is 0 Å². The van der Waals surface area contributed by atoms with Gasteiger partial charge >= 0.3 is 0 Å². The first-order valence-electron chi connectivity index (χ1n) is 6.51. The van der Waals surface area contributed by atoms with E-state index in [-0.39, 0.29) is 0 Å². The fourth-order valence-corrected chi connectivity index (χ4v) is 1.94. The molecule has 0 atom stereocenters. The monoisotopic (exact) mass is 296 g/mol. The molecule has 0 spiro atoms. The molecule has 0 bridgehead atoms. The molecule has 21 heavy (non-hydrogen) atoms. The van der Waals surface area contributed by atoms with Gasteiger partial charge in [0.2, 0.25) is 0 Å². The first-order valence-corrected chi connectivity index (χ1v) is 6.89. The Morgan fingerprint density at radius 1 is 0.810 bits per heavy atom. The predicted molar refractivity (Wildman–Crippen MR) is 85.5 cm³/mol. The second-order valence-corrected chi connectivity index (χ2v) is 4.86. The summed E-state index contributed by atoms with van der Waals surface area (Å²) in [7, 11) is 0. The van der Waals surface area contributed by atoms with Gasteiger partial charge < -0.3 is 10.1 Å². The Labute approximate surface area is 128 Å². The lowest BCUT2D eigenvalue weighted by Crippen LogP contribution is -1.92. The molecule has 1 aromatic heterocycles. The molecule has 0 aliphatic heterocycles. The van der Waals surface area contributed by atoms with Gasteiger partial charge in [0.05, 0.1) is 5.02 Å². The zero-order chi connectivity index (χ0) is 14.5. The molecule has 4 heteroatoms. The van der Waals surface area contributed by atoms with E-state index in [1.165, 1.54) is 0 Å². The number of ether oxygens (including phenoxy) is 1. The molecular formula is C17H13ClN2O. The van der Waals surface area contributed by atoms with Gasteiger partial charge in [0.25, 0.3) is 0 Å². The summed E-state index contributed by atoms with van der Waals surface area (Å²) in [5.41, 5.74) is 0.935. The maximum atomic E-state index is 5.81. The summed E-state index contributed by atoms with van der Waals surface area (Å²) < 4.78 is 5.74. The van der Waals surface area contributed by atoms with Gasteiger partial charge in [0.15, 0.2) is 0 Å². The number of benzene rings is 2. The largest absolute Gasteiger partial charge is 0.457 e. The van der Waals surface area contributed by atoms with Crippen molar-refractivity contribution in [3.05, 3.63) is 77.9 Å². The lowest BCUT2D eigenvalue weighted by atomic mass is 10.3. The first kappa shape index (κ1) is 13.5. The van der Waals surface area contributed by atoms with Crippen molar-refractivity contribution >= 4 is 23.1 Å². The molecule has 0 fully saturated rings. The summed E-state index contributed by atoms with van der Waals surface area (Å²) in [6.45, 7) is 0. The highest BCUT2D eigenvalue weighted by molar-refractivity contribution is 6.30. The number of hydrogen-bond acceptors (Lipinski definition) is 3. The number of halogens is 1. The van der Waals surface area contributed by atoms with Crippen molar-refractivity contribution in [1.82, 2.24) is 4.98 Å². The average Bonchev–Trinajstić information content (AvgIpc) is 2.53. The number of hydrogen-bond donors (Lipinski definition) is 1. The minimum Gasteiger partial charge on any atom is -0.457 e. The number of nitrogens with zero attached hydrogens (tertiary/aromatic N) is 1. The van der Waals surface area contributed by atoms with Crippen LogP contribution < -0.4 is 10.1 Å². The van der Waals surface area contributed by atoms with Crippen molar-refractivity contribution in [2.45, 2.75) is 0 Å². The van der Waals surface area contributed by atoms with Crippen molar-refractivity contribution in [2.75, 3.05) is 5.32 Å². The van der Waals surface area contributed by atoms with Crippen LogP contribution in [0.1, 0.15) is 0 Å². The maximum Gasteiger partial charge on any atom is 0.130 e. The van der Waals surface area contributed by atoms with Gasteiger partial charge in [-0.1, -0.05) is 29.8 Å². The Balaban J connectivity index is 1.68. The molecule has 3 rings (SSSR count). The number of aromatic nitrogens is 1. The first-order chi connectivity index (χ1) is 10.3. The highest BCUT2D eigenvalue weighted by Crippen LogP contribution is 2.24. The Hall–Kier alpha value is -2.52. The SMILES string of the molecule is Clc1ccc(Nc2ccc(Oc3ccccc3)cc2)nc1. The van der Waals surface area contributed by atoms with E-state index < -0.39 is 0 Å². The van der Waals surface area contributed by atoms with E-state index >= 15 is 0 Å². The highest BCUT2D eigenvalue weighted by atomic mass is 35.5. The zero-order valence-electron chi connectivity index (χ0n) is 11.2. The molecule has 0 unspecified atom stereocenters. The van der Waals surface area contributed by atoms with Gasteiger partial charge in [-0.05, 0) is 48.5 Å². The molecule has 0 radical (unpaired) electrons. The van der Waals surface area contributed by atoms with E-state index in [9.17, 15) is 0 Å². The molecule has 104 valence electrons. The topological polar surface area (TPSA) is 34.1 Å². The quantitative estimate of drug-likeness (QED) is 0.712. The van der Waals surface area contributed by atoms with Gasteiger partial charge in [-0.2, -0.15) is 0 Å². The van der Waals surface area contributed by atoms with Crippen molar-refractivity contribution in [2.24, 2.45) is 0 Å². The van der Waals surface area contributed by atoms with E-state index in [0.717, 1.165) is 23.0 Å². The molecular weight excluding hydrogens is 284 g/mol. The van der Waals surface area contributed by atoms with Gasteiger partial charge in [-0.3, -0.25) is 0 Å². The van der Waals surface area contributed by atoms with E-state index in [1.807, 2.05) is 60.7 Å². The zero-order valence-corrected chi connectivity index (χ0v) is 11.9. The molecule has 0 aliphatic rings. The van der Waals surface area contributed by atoms with E-state index in [0.29, 0.717) is 5.02 Å². The van der Waals surface area contributed by atoms with E-state index in [1.54, 1.807) is 12.3 Å². The van der Waals surface area contributed by atoms with E-state index in [4.69, 9.17) is 16.3 Å². The number of nitrogens with one attached hydrogen (secondary N) is 1. The Kier molecular flexibility index (Phi) is 4.03. The second-order valence-electron chi connectivity index (χ2n) is 4.43. The van der Waals surface area contributed by atoms with Gasteiger partial charge in [-0.15, -0.1) is 0 Å². The fraction of sp³-hybridized carbons (Fsp3) is 0. The highest BCUT2D eigenvalue weighted by Gasteiger charge is 1.99. The van der Waals surface area contributed by atoms with Crippen LogP contribution in [0.2, 0.25) is 5.02 Å². The van der Waals surface area contributed by atoms with Crippen LogP contribution >= 0.6 is 11.6 Å². The molecule has 1 heterocycles. The summed E-state index contributed by atoms with van der Waals surface area (Å²) in [6, 6.07) is 21.0. The summed E-state index contributed by atoms with van der Waals surface area (Å²) in [5.74, 6) is 2.35. The standard InChI is InChI=1S/C17H13ClN2O/c18-13-6-11-17(19-12-13)20-14-7-9-16(10-8-14)21-15-4-2-1-3-5-15/h1-12H,(H,19,20). The normalized spacial score (nSPS) is 10.1. The van der Waals surface area contributed by atoms with Crippen LogP contribution in [0.4, 0.5) is 11.5 Å². The van der Waals surface area contributed by atoms with Gasteiger partial charge in [0, 0.05) is 11.9 Å². The third-order valence-electron chi connectivity index (χ3n) is 2.83. The third-order valence-corrected chi connectivity index (χ3v) is 3.06. The van der Waals surface area contributed by atoms with Crippen LogP contribution in [0.5, 0.6) is 11.5 Å². The number of anilines is 2. The number of para-hydroxylation sites is 1. The minimum absolute atomic E-state index is 0.618. The lowest BCUT2D eigenvalue weighted by molar-refractivity contribution is 0.483. The molecule has 3 aromatic rings. The van der Waals surface area contributed by atoms with Crippen LogP contribution in [0.3, 0.4) is 0 Å². The molecule has 0 saturated carbocycles. The van der Waals surface area contributed by atoms with Crippen molar-refractivity contribution in [3.8, 4) is 11.5 Å². The Morgan fingerprint density at radius 2 is 1.52 bits per heavy atom. The van der Waals surface area contributed by atoms with Crippen LogP contribution in [0, 0.1) is 0 Å². The number of rotatable bonds is 4. The van der Waals surface area contributed by atoms with Gasteiger partial charge in [-0.25, -0.2) is 4.98 Å². The van der Waals surface area contributed by atoms with Crippen LogP contribution in [-0.4, -0.2) is 4.98 Å². The predicted octanol–water partition coefficient (Wildman–Crippen LogP) is 5.27. The number of pyridine rings is 1. The fourth-order valence-electron chi connectivity index (χ4n) is 1.83. The average molecular weight is 297 g/mol. The lowest BCUT2D eigenvalue weighted by Gasteiger charge is -2.08. The second kappa shape index (κ2) is 6.29. The third kappa shape index (κ3) is 3.74. The Bertz CT molecular complexity index is 697. The molecule has 2 aromatic carbocycles. The van der Waals surface area contributed by atoms with Crippen molar-refractivity contribution < 1.29 is 4.74 Å². The van der Waals surface area contributed by atoms with Gasteiger partial charge in [0.1, 0.15) is 17.3 Å². The molecule has 3 nitrogen and oxygen atoms in total. The molecule has 0 amide bonds. The summed E-state index contributed by atoms with van der Waals surface area (Å²) in [6.07, 6.45) is 1.61. The van der Waals surface area contributed by atoms with Crippen molar-refractivity contribution in [3.63, 3.8) is 0 Å². The summed E-state index contributed by atoms with van der Waals surface area (Å²) in [4.78, 5) is 4.19. The molecule has 0 aliphatic carbocycles. The maximum absolute atomic E-state index is 5.81. The van der Waals surface area contributed by atoms with Crippen LogP contribution in [0.25, 0.3) is 0 Å². The smallest absolute Gasteiger partial charge is 0.130 e. The van der Waals surface area contributed by atoms with E-state index in [2.05, 4.69) is 10.3 Å². The summed E-state index contributed by atoms with van der Waals surface area (Å²) >= 11 is 5.81. The Morgan fingerprint density at radius 3 is 2.19 bits per heavy atom. The van der Waals surface area contributed by atoms with Crippen LogP contribution in [0.15, 0.2) is 72.9 Å². The minimum atomic E-state index is 0.618. The molecule has 1 N–H and O–H groups in total. The van der Waals surface area contributed by atoms with Crippen molar-refractivity contribution in [1.29, 1.82) is 0 Å².